The third-order valence-corrected chi connectivity index (χ3v) is 12.4. The van der Waals surface area contributed by atoms with E-state index in [2.05, 4.69) is 29.5 Å². The minimum Gasteiger partial charge on any atom is -0.459 e. The first-order valence-electron chi connectivity index (χ1n) is 20.8. The summed E-state index contributed by atoms with van der Waals surface area (Å²) in [7, 11) is 3.84. The van der Waals surface area contributed by atoms with E-state index in [1.807, 2.05) is 83.1 Å². The summed E-state index contributed by atoms with van der Waals surface area (Å²) in [5.74, 6) is -2.10. The third kappa shape index (κ3) is 10.7. The minimum absolute atomic E-state index is 0.0665. The molecule has 2 aromatic rings. The monoisotopic (exact) mass is 796 g/mol. The van der Waals surface area contributed by atoms with Crippen LogP contribution in [0.25, 0.3) is 17.0 Å². The second-order valence-electron chi connectivity index (χ2n) is 17.8. The summed E-state index contributed by atoms with van der Waals surface area (Å²) in [6.07, 6.45) is 1.25. The van der Waals surface area contributed by atoms with Crippen LogP contribution < -0.4 is 0 Å². The molecule has 3 saturated heterocycles. The summed E-state index contributed by atoms with van der Waals surface area (Å²) in [6.45, 7) is 20.8. The van der Waals surface area contributed by atoms with Crippen LogP contribution in [0.2, 0.25) is 0 Å². The van der Waals surface area contributed by atoms with Gasteiger partial charge in [0.15, 0.2) is 6.29 Å². The zero-order chi connectivity index (χ0) is 41.8. The smallest absolute Gasteiger partial charge is 0.311 e. The summed E-state index contributed by atoms with van der Waals surface area (Å²) in [5, 5.41) is 37.5. The predicted octanol–water partition coefficient (Wildman–Crippen LogP) is 5.23. The Morgan fingerprint density at radius 3 is 2.54 bits per heavy atom. The summed E-state index contributed by atoms with van der Waals surface area (Å²) in [5.41, 5.74) is -0.350. The number of aliphatic hydroxyl groups is 3. The summed E-state index contributed by atoms with van der Waals surface area (Å²) >= 11 is 0. The van der Waals surface area contributed by atoms with Gasteiger partial charge in [0, 0.05) is 42.7 Å². The molecule has 2 bridgehead atoms. The third-order valence-electron chi connectivity index (χ3n) is 12.4. The van der Waals surface area contributed by atoms with Gasteiger partial charge in [0.25, 0.3) is 0 Å². The molecule has 5 rings (SSSR count). The number of likely N-dealkylation sites (N-methyl/N-ethyl adjacent to an activating group) is 1. The first-order chi connectivity index (χ1) is 26.8. The molecule has 57 heavy (non-hydrogen) atoms. The molecule has 0 spiro atoms. The maximum absolute atomic E-state index is 14.4. The first kappa shape index (κ1) is 45.3. The van der Waals surface area contributed by atoms with Gasteiger partial charge in [0.05, 0.1) is 48.6 Å². The van der Waals surface area contributed by atoms with Crippen molar-refractivity contribution < 1.29 is 43.8 Å². The molecule has 3 N–H and O–H groups in total. The number of para-hydroxylation sites is 1. The van der Waals surface area contributed by atoms with Crippen LogP contribution >= 0.6 is 0 Å². The van der Waals surface area contributed by atoms with Crippen molar-refractivity contribution in [1.29, 1.82) is 0 Å². The highest BCUT2D eigenvalue weighted by molar-refractivity contribution is 5.80. The molecule has 3 aliphatic rings. The number of rotatable bonds is 8. The van der Waals surface area contributed by atoms with Crippen molar-refractivity contribution in [2.45, 2.75) is 141 Å². The van der Waals surface area contributed by atoms with Gasteiger partial charge in [0.2, 0.25) is 0 Å². The quantitative estimate of drug-likeness (QED) is 0.238. The molecule has 1 aromatic carbocycles. The van der Waals surface area contributed by atoms with E-state index in [1.54, 1.807) is 27.0 Å². The fourth-order valence-electron chi connectivity index (χ4n) is 9.46. The van der Waals surface area contributed by atoms with Gasteiger partial charge in [-0.3, -0.25) is 14.7 Å². The van der Waals surface area contributed by atoms with Crippen molar-refractivity contribution in [1.82, 2.24) is 14.8 Å². The molecule has 0 radical (unpaired) electrons. The molecule has 15 atom stereocenters. The van der Waals surface area contributed by atoms with E-state index >= 15 is 0 Å². The number of aromatic nitrogens is 1. The van der Waals surface area contributed by atoms with Gasteiger partial charge in [-0.25, -0.2) is 0 Å². The normalized spacial score (nSPS) is 40.4. The number of esters is 1. The second kappa shape index (κ2) is 19.1. The van der Waals surface area contributed by atoms with Crippen LogP contribution in [0, 0.1) is 17.8 Å². The second-order valence-corrected chi connectivity index (χ2v) is 17.8. The van der Waals surface area contributed by atoms with E-state index in [0.717, 1.165) is 22.0 Å². The molecule has 318 valence electrons. The van der Waals surface area contributed by atoms with Gasteiger partial charge in [-0.15, -0.1) is 0 Å². The molecular weight excluding hydrogens is 727 g/mol. The lowest BCUT2D eigenvalue weighted by Gasteiger charge is -2.47. The number of carbonyl (C=O) groups is 1. The van der Waals surface area contributed by atoms with Crippen LogP contribution in [0.5, 0.6) is 0 Å². The topological polar surface area (TPSA) is 143 Å². The lowest BCUT2D eigenvalue weighted by molar-refractivity contribution is -0.300. The molecule has 3 fully saturated rings. The SMILES string of the molecule is C=C1CO[C@H]2[C@@H](C)N(C1)C[C@H](C)C[C@@](C)(O)[C@H](O[C@@H]1O[C@H](C)C[C@H](N(C)C)[C@H]1O)[C@@H](C)[C@H](OC/C=C/c1cnc3ccccc3c1)[C@@H](C)C(=O)O[C@H](CC)[C@@]2(C)O. The highest BCUT2D eigenvalue weighted by Gasteiger charge is 2.51. The molecule has 3 aliphatic heterocycles. The van der Waals surface area contributed by atoms with Gasteiger partial charge in [0.1, 0.15) is 23.9 Å². The maximum Gasteiger partial charge on any atom is 0.311 e. The van der Waals surface area contributed by atoms with Gasteiger partial charge < -0.3 is 43.9 Å². The number of aliphatic hydroxyl groups excluding tert-OH is 1. The number of cyclic esters (lactones) is 1. The molecular formula is C45H69N3O9. The van der Waals surface area contributed by atoms with Crippen molar-refractivity contribution in [2.24, 2.45) is 17.8 Å². The van der Waals surface area contributed by atoms with Crippen LogP contribution in [-0.4, -0.2) is 143 Å². The van der Waals surface area contributed by atoms with E-state index in [9.17, 15) is 20.1 Å². The molecule has 0 aliphatic carbocycles. The van der Waals surface area contributed by atoms with Crippen LogP contribution in [0.1, 0.15) is 80.2 Å². The van der Waals surface area contributed by atoms with E-state index in [1.165, 1.54) is 0 Å². The average Bonchev–Trinajstić information content (AvgIpc) is 3.29. The lowest BCUT2D eigenvalue weighted by Crippen LogP contribution is -2.59. The lowest BCUT2D eigenvalue weighted by atomic mass is 9.77. The Bertz CT molecular complexity index is 1680. The molecule has 0 amide bonds. The Balaban J connectivity index is 1.54. The Morgan fingerprint density at radius 2 is 1.84 bits per heavy atom. The Morgan fingerprint density at radius 1 is 1.12 bits per heavy atom. The van der Waals surface area contributed by atoms with E-state index in [-0.39, 0.29) is 37.3 Å². The van der Waals surface area contributed by atoms with Crippen LogP contribution in [-0.2, 0) is 28.5 Å². The number of carbonyl (C=O) groups excluding carboxylic acids is 1. The Labute approximate surface area is 340 Å². The zero-order valence-corrected chi connectivity index (χ0v) is 35.8. The van der Waals surface area contributed by atoms with Crippen molar-refractivity contribution >= 4 is 22.9 Å². The van der Waals surface area contributed by atoms with Crippen LogP contribution in [0.3, 0.4) is 0 Å². The number of fused-ring (bicyclic) bond motifs is 3. The van der Waals surface area contributed by atoms with Crippen LogP contribution in [0.4, 0.5) is 0 Å². The van der Waals surface area contributed by atoms with Crippen molar-refractivity contribution in [2.75, 3.05) is 40.4 Å². The largest absolute Gasteiger partial charge is 0.459 e. The van der Waals surface area contributed by atoms with Crippen LogP contribution in [0.15, 0.2) is 54.8 Å². The molecule has 0 saturated carbocycles. The fourth-order valence-corrected chi connectivity index (χ4v) is 9.46. The highest BCUT2D eigenvalue weighted by Crippen LogP contribution is 2.38. The molecule has 4 heterocycles. The van der Waals surface area contributed by atoms with Crippen molar-refractivity contribution in [3.8, 4) is 0 Å². The maximum atomic E-state index is 14.4. The van der Waals surface area contributed by atoms with Gasteiger partial charge in [-0.1, -0.05) is 57.7 Å². The fraction of sp³-hybridized carbons (Fsp3) is 0.689. The number of benzene rings is 1. The number of pyridine rings is 1. The van der Waals surface area contributed by atoms with E-state index in [4.69, 9.17) is 23.7 Å². The first-order valence-corrected chi connectivity index (χ1v) is 20.8. The summed E-state index contributed by atoms with van der Waals surface area (Å²) in [4.78, 5) is 23.1. The standard InChI is InChI=1S/C45H69N3O9/c1-12-37-45(9,52)41-32(7)48(25-28(3)26-54-41)24-27(2)22-44(8,51)40(57-43-38(49)36(47(10)11)20-29(4)55-43)30(5)39(31(6)42(50)56-37)53-19-15-16-33-21-34-17-13-14-18-35(34)46-23-33/h13-18,21,23,27,29-32,36-41,43,49,51-52H,3,12,19-20,22,24-26H2,1-2,4-11H3/b16-15+/t27-,29-,30+,31-,32-,36+,37-,38-,39+,40-,41+,43+,44-,45-/m1/s1. The van der Waals surface area contributed by atoms with Gasteiger partial charge >= 0.3 is 5.97 Å². The number of hydrogen-bond donors (Lipinski definition) is 3. The number of nitrogens with zero attached hydrogens (tertiary/aromatic N) is 3. The molecule has 1 aromatic heterocycles. The molecule has 1 unspecified atom stereocenters. The van der Waals surface area contributed by atoms with Gasteiger partial charge in [-0.2, -0.15) is 0 Å². The average molecular weight is 796 g/mol. The van der Waals surface area contributed by atoms with Gasteiger partial charge in [-0.05, 0) is 97.2 Å². The molecule has 12 nitrogen and oxygen atoms in total. The number of ether oxygens (including phenoxy) is 5. The van der Waals surface area contributed by atoms with Crippen molar-refractivity contribution in [3.05, 3.63) is 60.3 Å². The molecule has 12 heteroatoms. The summed E-state index contributed by atoms with van der Waals surface area (Å²) < 4.78 is 32.3. The predicted molar refractivity (Wildman–Crippen MR) is 221 cm³/mol. The number of hydrogen-bond acceptors (Lipinski definition) is 12. The van der Waals surface area contributed by atoms with Crippen molar-refractivity contribution in [3.63, 3.8) is 0 Å². The zero-order valence-electron chi connectivity index (χ0n) is 35.8. The van der Waals surface area contributed by atoms with E-state index in [0.29, 0.717) is 32.4 Å². The summed E-state index contributed by atoms with van der Waals surface area (Å²) in [6, 6.07) is 9.45. The van der Waals surface area contributed by atoms with E-state index < -0.39 is 65.8 Å². The minimum atomic E-state index is -1.54. The Kier molecular flexibility index (Phi) is 15.2. The Hall–Kier alpha value is -2.78. The highest BCUT2D eigenvalue weighted by atomic mass is 16.7.